The van der Waals surface area contributed by atoms with E-state index < -0.39 is 0 Å². The Morgan fingerprint density at radius 1 is 1.08 bits per heavy atom. The van der Waals surface area contributed by atoms with Crippen molar-refractivity contribution in [2.75, 3.05) is 18.4 Å². The number of thiazole rings is 1. The molecule has 0 saturated carbocycles. The first kappa shape index (κ1) is 22.5. The van der Waals surface area contributed by atoms with Gasteiger partial charge < -0.3 is 14.5 Å². The molecule has 5 aromatic rings. The topological polar surface area (TPSA) is 95.9 Å². The molecule has 2 aromatic carbocycles. The van der Waals surface area contributed by atoms with Gasteiger partial charge in [-0.3, -0.25) is 14.9 Å². The van der Waals surface area contributed by atoms with E-state index in [0.717, 1.165) is 45.3 Å². The Hall–Kier alpha value is -3.98. The van der Waals surface area contributed by atoms with Gasteiger partial charge in [-0.25, -0.2) is 9.97 Å². The van der Waals surface area contributed by atoms with Gasteiger partial charge in [-0.1, -0.05) is 30.3 Å². The van der Waals surface area contributed by atoms with Crippen LogP contribution in [0.1, 0.15) is 39.8 Å². The Morgan fingerprint density at radius 3 is 2.69 bits per heavy atom. The molecular formula is C27H26N6O2S. The maximum Gasteiger partial charge on any atom is 0.277 e. The molecule has 8 nitrogen and oxygen atoms in total. The van der Waals surface area contributed by atoms with Gasteiger partial charge in [0, 0.05) is 48.5 Å². The number of aryl methyl sites for hydroxylation is 1. The maximum atomic E-state index is 12.9. The molecule has 1 saturated heterocycles. The Kier molecular flexibility index (Phi) is 5.77. The van der Waals surface area contributed by atoms with E-state index in [9.17, 15) is 9.59 Å². The minimum absolute atomic E-state index is 0.153. The number of benzene rings is 2. The van der Waals surface area contributed by atoms with Crippen LogP contribution < -0.4 is 5.32 Å². The summed E-state index contributed by atoms with van der Waals surface area (Å²) in [4.78, 5) is 40.1. The summed E-state index contributed by atoms with van der Waals surface area (Å²) in [5.41, 5.74) is 4.28. The van der Waals surface area contributed by atoms with Crippen molar-refractivity contribution in [3.8, 4) is 0 Å². The monoisotopic (exact) mass is 498 g/mol. The van der Waals surface area contributed by atoms with Crippen molar-refractivity contribution in [2.45, 2.75) is 25.2 Å². The van der Waals surface area contributed by atoms with Crippen LogP contribution >= 0.6 is 11.3 Å². The number of hydrogen-bond donors (Lipinski definition) is 2. The number of likely N-dealkylation sites (tertiary alicyclic amines) is 1. The van der Waals surface area contributed by atoms with Gasteiger partial charge in [0.1, 0.15) is 5.69 Å². The molecule has 1 aliphatic rings. The van der Waals surface area contributed by atoms with Gasteiger partial charge in [0.2, 0.25) is 11.9 Å². The molecule has 0 aliphatic carbocycles. The van der Waals surface area contributed by atoms with E-state index >= 15 is 0 Å². The van der Waals surface area contributed by atoms with Crippen LogP contribution in [-0.2, 0) is 18.3 Å². The number of carbonyl (C=O) groups excluding carboxylic acids is 2. The number of aromatic amines is 1. The Bertz CT molecular complexity index is 1570. The number of carbonyl (C=O) groups is 2. The second-order valence-electron chi connectivity index (χ2n) is 9.20. The fourth-order valence-electron chi connectivity index (χ4n) is 4.93. The molecule has 4 heterocycles. The van der Waals surface area contributed by atoms with Gasteiger partial charge in [0.15, 0.2) is 0 Å². The molecule has 1 aliphatic heterocycles. The molecule has 0 atom stereocenters. The Morgan fingerprint density at radius 2 is 1.86 bits per heavy atom. The number of hydrogen-bond acceptors (Lipinski definition) is 5. The van der Waals surface area contributed by atoms with E-state index in [1.165, 1.54) is 11.3 Å². The molecule has 36 heavy (non-hydrogen) atoms. The van der Waals surface area contributed by atoms with Gasteiger partial charge in [-0.15, -0.1) is 11.3 Å². The highest BCUT2D eigenvalue weighted by atomic mass is 32.1. The van der Waals surface area contributed by atoms with Gasteiger partial charge in [0.25, 0.3) is 5.91 Å². The first-order chi connectivity index (χ1) is 17.6. The largest absolute Gasteiger partial charge is 0.361 e. The number of H-pyrrole nitrogens is 1. The lowest BCUT2D eigenvalue weighted by atomic mass is 9.97. The van der Waals surface area contributed by atoms with E-state index in [-0.39, 0.29) is 17.7 Å². The van der Waals surface area contributed by atoms with Crippen LogP contribution in [0, 0.1) is 0 Å². The molecule has 3 aromatic heterocycles. The average molecular weight is 499 g/mol. The lowest BCUT2D eigenvalue weighted by Gasteiger charge is -2.31. The molecule has 2 N–H and O–H groups in total. The zero-order valence-electron chi connectivity index (χ0n) is 19.9. The summed E-state index contributed by atoms with van der Waals surface area (Å²) >= 11 is 1.51. The second-order valence-corrected chi connectivity index (χ2v) is 10.1. The minimum atomic E-state index is -0.262. The quantitative estimate of drug-likeness (QED) is 0.367. The zero-order chi connectivity index (χ0) is 24.6. The van der Waals surface area contributed by atoms with Crippen LogP contribution in [0.4, 0.5) is 5.95 Å². The molecule has 0 unspecified atom stereocenters. The number of fused-ring (bicyclic) bond motifs is 2. The zero-order valence-corrected chi connectivity index (χ0v) is 20.7. The molecule has 1 fully saturated rings. The molecular weight excluding hydrogens is 472 g/mol. The van der Waals surface area contributed by atoms with Crippen LogP contribution in [0.15, 0.2) is 60.1 Å². The number of nitrogens with one attached hydrogen (secondary N) is 2. The number of aromatic nitrogens is 4. The van der Waals surface area contributed by atoms with Crippen molar-refractivity contribution in [3.05, 3.63) is 76.4 Å². The van der Waals surface area contributed by atoms with Crippen LogP contribution in [-0.4, -0.2) is 49.3 Å². The van der Waals surface area contributed by atoms with Gasteiger partial charge >= 0.3 is 0 Å². The van der Waals surface area contributed by atoms with Gasteiger partial charge in [-0.2, -0.15) is 0 Å². The fraction of sp³-hybridized carbons (Fsp3) is 0.259. The number of para-hydroxylation sites is 3. The predicted octanol–water partition coefficient (Wildman–Crippen LogP) is 4.71. The van der Waals surface area contributed by atoms with Crippen LogP contribution in [0.5, 0.6) is 0 Å². The van der Waals surface area contributed by atoms with E-state index in [1.807, 2.05) is 76.6 Å². The highest BCUT2D eigenvalue weighted by molar-refractivity contribution is 7.10. The fourth-order valence-corrected chi connectivity index (χ4v) is 5.90. The van der Waals surface area contributed by atoms with Crippen molar-refractivity contribution in [1.82, 2.24) is 24.4 Å². The summed E-state index contributed by atoms with van der Waals surface area (Å²) in [6.45, 7) is 1.40. The summed E-state index contributed by atoms with van der Waals surface area (Å²) in [5, 5.41) is 6.75. The Labute approximate surface area is 212 Å². The number of imidazole rings is 1. The molecule has 9 heteroatoms. The van der Waals surface area contributed by atoms with Crippen LogP contribution in [0.2, 0.25) is 0 Å². The third-order valence-corrected chi connectivity index (χ3v) is 7.99. The first-order valence-corrected chi connectivity index (χ1v) is 13.0. The molecule has 2 amide bonds. The summed E-state index contributed by atoms with van der Waals surface area (Å²) in [6, 6.07) is 15.8. The number of piperidine rings is 1. The van der Waals surface area contributed by atoms with Gasteiger partial charge in [-0.05, 0) is 36.6 Å². The Balaban J connectivity index is 1.07. The lowest BCUT2D eigenvalue weighted by Crippen LogP contribution is -2.38. The van der Waals surface area contributed by atoms with Crippen LogP contribution in [0.25, 0.3) is 21.9 Å². The van der Waals surface area contributed by atoms with Crippen molar-refractivity contribution in [2.24, 2.45) is 7.05 Å². The number of rotatable bonds is 5. The van der Waals surface area contributed by atoms with E-state index in [0.29, 0.717) is 31.2 Å². The van der Waals surface area contributed by atoms with Crippen molar-refractivity contribution < 1.29 is 9.59 Å². The predicted molar refractivity (Wildman–Crippen MR) is 141 cm³/mol. The third kappa shape index (κ3) is 4.15. The van der Waals surface area contributed by atoms with Crippen molar-refractivity contribution in [3.63, 3.8) is 0 Å². The van der Waals surface area contributed by atoms with Crippen molar-refractivity contribution in [1.29, 1.82) is 0 Å². The second kappa shape index (κ2) is 9.23. The summed E-state index contributed by atoms with van der Waals surface area (Å²) in [6.07, 6.45) is 4.03. The average Bonchev–Trinajstić information content (AvgIpc) is 3.63. The minimum Gasteiger partial charge on any atom is -0.361 e. The summed E-state index contributed by atoms with van der Waals surface area (Å²) in [7, 11) is 1.88. The summed E-state index contributed by atoms with van der Waals surface area (Å²) < 4.78 is 1.86. The third-order valence-electron chi connectivity index (χ3n) is 6.98. The van der Waals surface area contributed by atoms with Crippen molar-refractivity contribution >= 4 is 51.0 Å². The standard InChI is InChI=1S/C27H26N6O2S/c1-32-23-9-5-4-8-21(23)30-27(32)31-25(35)22-16-36-26(29-22)17-10-12-33(13-11-17)24(34)14-18-15-28-20-7-3-2-6-19(18)20/h2-9,15-17,28H,10-14H2,1H3,(H,30,31,35). The molecule has 0 radical (unpaired) electrons. The maximum absolute atomic E-state index is 12.9. The van der Waals surface area contributed by atoms with E-state index in [2.05, 4.69) is 20.3 Å². The number of anilines is 1. The molecule has 0 spiro atoms. The molecule has 0 bridgehead atoms. The van der Waals surface area contributed by atoms with Gasteiger partial charge in [0.05, 0.1) is 22.5 Å². The smallest absolute Gasteiger partial charge is 0.277 e. The first-order valence-electron chi connectivity index (χ1n) is 12.1. The van der Waals surface area contributed by atoms with E-state index in [1.54, 1.807) is 0 Å². The van der Waals surface area contributed by atoms with E-state index in [4.69, 9.17) is 0 Å². The highest BCUT2D eigenvalue weighted by Gasteiger charge is 2.27. The number of amides is 2. The summed E-state index contributed by atoms with van der Waals surface area (Å²) in [5.74, 6) is 0.643. The molecule has 182 valence electrons. The lowest BCUT2D eigenvalue weighted by molar-refractivity contribution is -0.131. The van der Waals surface area contributed by atoms with Crippen LogP contribution in [0.3, 0.4) is 0 Å². The molecule has 6 rings (SSSR count). The normalized spacial score (nSPS) is 14.5. The number of nitrogens with zero attached hydrogens (tertiary/aromatic N) is 4. The highest BCUT2D eigenvalue weighted by Crippen LogP contribution is 2.31. The SMILES string of the molecule is Cn1c(NC(=O)c2csc(C3CCN(C(=O)Cc4c[nH]c5ccccc45)CC3)n2)nc2ccccc21.